The van der Waals surface area contributed by atoms with Crippen molar-refractivity contribution in [2.75, 3.05) is 5.43 Å². The lowest BCUT2D eigenvalue weighted by Gasteiger charge is -2.12. The average molecular weight is 679 g/mol. The van der Waals surface area contributed by atoms with Crippen LogP contribution in [0.2, 0.25) is 5.02 Å². The fraction of sp³-hybridized carbons (Fsp3) is 0.0500. The lowest BCUT2D eigenvalue weighted by atomic mass is 10.2. The Morgan fingerprint density at radius 2 is 1.72 bits per heavy atom. The summed E-state index contributed by atoms with van der Waals surface area (Å²) < 4.78 is 7.65. The molecule has 3 aromatic carbocycles. The number of nitrogens with one attached hydrogen (secondary N) is 1. The minimum Gasteiger partial charge on any atom is -0.487 e. The van der Waals surface area contributed by atoms with Crippen molar-refractivity contribution in [1.29, 1.82) is 0 Å². The van der Waals surface area contributed by atoms with Crippen LogP contribution in [0.1, 0.15) is 11.1 Å². The number of non-ortho nitro benzene ring substituents is 1. The molecule has 0 aliphatic carbocycles. The monoisotopic (exact) mass is 678 g/mol. The van der Waals surface area contributed by atoms with Crippen molar-refractivity contribution in [3.05, 3.63) is 98.1 Å². The molecule has 0 aromatic heterocycles. The van der Waals surface area contributed by atoms with Gasteiger partial charge in [0.1, 0.15) is 18.0 Å². The van der Waals surface area contributed by atoms with Crippen molar-refractivity contribution in [2.45, 2.75) is 6.61 Å². The average Bonchev–Trinajstić information content (AvgIpc) is 2.74. The highest BCUT2D eigenvalue weighted by atomic mass is 127. The molecule has 9 nitrogen and oxygen atoms in total. The van der Waals surface area contributed by atoms with Crippen LogP contribution in [0.25, 0.3) is 0 Å². The molecule has 0 bridgehead atoms. The first-order valence-electron chi connectivity index (χ1n) is 8.83. The van der Waals surface area contributed by atoms with Gasteiger partial charge in [-0.1, -0.05) is 29.8 Å². The van der Waals surface area contributed by atoms with Gasteiger partial charge in [-0.05, 0) is 75.0 Å². The summed E-state index contributed by atoms with van der Waals surface area (Å²) in [7, 11) is 0. The summed E-state index contributed by atoms with van der Waals surface area (Å²) in [5, 5.41) is 26.7. The van der Waals surface area contributed by atoms with E-state index in [1.54, 1.807) is 6.07 Å². The highest BCUT2D eigenvalue weighted by Crippen LogP contribution is 2.31. The van der Waals surface area contributed by atoms with Crippen LogP contribution in [0.15, 0.2) is 59.7 Å². The zero-order chi connectivity index (χ0) is 23.3. The molecule has 3 rings (SSSR count). The molecule has 164 valence electrons. The van der Waals surface area contributed by atoms with E-state index in [-0.39, 0.29) is 11.4 Å². The number of ether oxygens (including phenoxy) is 1. The molecule has 32 heavy (non-hydrogen) atoms. The van der Waals surface area contributed by atoms with Gasteiger partial charge >= 0.3 is 5.69 Å². The summed E-state index contributed by atoms with van der Waals surface area (Å²) >= 11 is 10.5. The Labute approximate surface area is 214 Å². The van der Waals surface area contributed by atoms with Gasteiger partial charge in [-0.25, -0.2) is 0 Å². The van der Waals surface area contributed by atoms with Crippen LogP contribution in [0.4, 0.5) is 17.1 Å². The van der Waals surface area contributed by atoms with E-state index in [9.17, 15) is 20.2 Å². The standard InChI is InChI=1S/C20H13ClI2N4O5/c21-15-4-2-1-3-13(15)11-32-20-16(22)7-12(8-17(20)23)10-24-25-18-6-5-14(26(28)29)9-19(18)27(30)31/h1-10,25H,11H2/b24-10+. The summed E-state index contributed by atoms with van der Waals surface area (Å²) in [5.41, 5.74) is 3.41. The fourth-order valence-corrected chi connectivity index (χ4v) is 4.93. The minimum absolute atomic E-state index is 0.0425. The van der Waals surface area contributed by atoms with Crippen LogP contribution in [0, 0.1) is 27.4 Å². The molecule has 0 fully saturated rings. The van der Waals surface area contributed by atoms with Crippen molar-refractivity contribution < 1.29 is 14.6 Å². The zero-order valence-electron chi connectivity index (χ0n) is 16.0. The number of benzene rings is 3. The number of halogens is 3. The Bertz CT molecular complexity index is 1200. The Kier molecular flexibility index (Phi) is 8.20. The van der Waals surface area contributed by atoms with Gasteiger partial charge in [0, 0.05) is 16.7 Å². The molecule has 0 radical (unpaired) electrons. The van der Waals surface area contributed by atoms with Crippen molar-refractivity contribution in [3.63, 3.8) is 0 Å². The summed E-state index contributed by atoms with van der Waals surface area (Å²) in [6.45, 7) is 0.324. The van der Waals surface area contributed by atoms with Crippen LogP contribution < -0.4 is 10.2 Å². The quantitative estimate of drug-likeness (QED) is 0.128. The van der Waals surface area contributed by atoms with Crippen LogP contribution >= 0.6 is 56.8 Å². The fourth-order valence-electron chi connectivity index (χ4n) is 2.61. The van der Waals surface area contributed by atoms with Crippen LogP contribution in [0.5, 0.6) is 5.75 Å². The van der Waals surface area contributed by atoms with Crippen molar-refractivity contribution in [2.24, 2.45) is 5.10 Å². The molecule has 0 aliphatic rings. The number of hydrogen-bond acceptors (Lipinski definition) is 7. The number of rotatable bonds is 8. The summed E-state index contributed by atoms with van der Waals surface area (Å²) in [6, 6.07) is 14.4. The Morgan fingerprint density at radius 1 is 1.03 bits per heavy atom. The van der Waals surface area contributed by atoms with Gasteiger partial charge in [0.15, 0.2) is 0 Å². The van der Waals surface area contributed by atoms with E-state index in [1.165, 1.54) is 18.3 Å². The molecule has 0 atom stereocenters. The van der Waals surface area contributed by atoms with Gasteiger partial charge in [0.25, 0.3) is 5.69 Å². The van der Waals surface area contributed by atoms with Gasteiger partial charge in [-0.3, -0.25) is 25.7 Å². The number of hydrogen-bond donors (Lipinski definition) is 1. The number of nitrogens with zero attached hydrogens (tertiary/aromatic N) is 3. The zero-order valence-corrected chi connectivity index (χ0v) is 21.1. The molecule has 12 heteroatoms. The summed E-state index contributed by atoms with van der Waals surface area (Å²) in [5.74, 6) is 0.710. The Morgan fingerprint density at radius 3 is 2.34 bits per heavy atom. The van der Waals surface area contributed by atoms with Crippen LogP contribution in [-0.2, 0) is 6.61 Å². The van der Waals surface area contributed by atoms with E-state index in [2.05, 4.69) is 55.7 Å². The number of nitro benzene ring substituents is 2. The van der Waals surface area contributed by atoms with E-state index in [0.29, 0.717) is 17.4 Å². The first kappa shape index (κ1) is 24.1. The molecule has 0 unspecified atom stereocenters. The van der Waals surface area contributed by atoms with Crippen molar-refractivity contribution >= 4 is 80.1 Å². The largest absolute Gasteiger partial charge is 0.487 e. The SMILES string of the molecule is O=[N+]([O-])c1ccc(N/N=C/c2cc(I)c(OCc3ccccc3Cl)c(I)c2)c([N+](=O)[O-])c1. The maximum absolute atomic E-state index is 11.2. The van der Waals surface area contributed by atoms with Gasteiger partial charge in [0.2, 0.25) is 0 Å². The van der Waals surface area contributed by atoms with E-state index in [0.717, 1.165) is 24.3 Å². The number of nitro groups is 2. The maximum Gasteiger partial charge on any atom is 0.301 e. The van der Waals surface area contributed by atoms with E-state index in [4.69, 9.17) is 16.3 Å². The normalized spacial score (nSPS) is 10.8. The molecule has 0 spiro atoms. The molecule has 0 saturated carbocycles. The second-order valence-electron chi connectivity index (χ2n) is 6.28. The molecule has 0 amide bonds. The first-order chi connectivity index (χ1) is 15.3. The van der Waals surface area contributed by atoms with Gasteiger partial charge < -0.3 is 4.74 Å². The molecular formula is C20H13ClI2N4O5. The third-order valence-electron chi connectivity index (χ3n) is 4.14. The lowest BCUT2D eigenvalue weighted by Crippen LogP contribution is -2.01. The van der Waals surface area contributed by atoms with E-state index >= 15 is 0 Å². The third kappa shape index (κ3) is 6.04. The molecule has 0 saturated heterocycles. The Hall–Kier alpha value is -2.52. The number of hydrazone groups is 1. The first-order valence-corrected chi connectivity index (χ1v) is 11.4. The van der Waals surface area contributed by atoms with Gasteiger partial charge in [-0.2, -0.15) is 5.10 Å². The molecule has 0 heterocycles. The predicted molar refractivity (Wildman–Crippen MR) is 139 cm³/mol. The van der Waals surface area contributed by atoms with Crippen LogP contribution in [0.3, 0.4) is 0 Å². The van der Waals surface area contributed by atoms with Crippen LogP contribution in [-0.4, -0.2) is 16.1 Å². The minimum atomic E-state index is -0.706. The molecular weight excluding hydrogens is 666 g/mol. The smallest absolute Gasteiger partial charge is 0.301 e. The van der Waals surface area contributed by atoms with E-state index in [1.807, 2.05) is 30.3 Å². The Balaban J connectivity index is 1.74. The second kappa shape index (κ2) is 10.9. The van der Waals surface area contributed by atoms with Crippen molar-refractivity contribution in [1.82, 2.24) is 0 Å². The highest BCUT2D eigenvalue weighted by Gasteiger charge is 2.19. The predicted octanol–water partition coefficient (Wildman–Crippen LogP) is 6.39. The second-order valence-corrected chi connectivity index (χ2v) is 9.01. The van der Waals surface area contributed by atoms with Gasteiger partial charge in [0.05, 0.1) is 29.3 Å². The van der Waals surface area contributed by atoms with Gasteiger partial charge in [-0.15, -0.1) is 0 Å². The molecule has 0 aliphatic heterocycles. The maximum atomic E-state index is 11.2. The molecule has 1 N–H and O–H groups in total. The highest BCUT2D eigenvalue weighted by molar-refractivity contribution is 14.1. The summed E-state index contributed by atoms with van der Waals surface area (Å²) in [6.07, 6.45) is 1.49. The summed E-state index contributed by atoms with van der Waals surface area (Å²) in [4.78, 5) is 20.6. The van der Waals surface area contributed by atoms with E-state index < -0.39 is 15.5 Å². The third-order valence-corrected chi connectivity index (χ3v) is 6.11. The lowest BCUT2D eigenvalue weighted by molar-refractivity contribution is -0.393. The number of anilines is 1. The van der Waals surface area contributed by atoms with Crippen molar-refractivity contribution in [3.8, 4) is 5.75 Å². The molecule has 3 aromatic rings. The topological polar surface area (TPSA) is 120 Å².